The molecule has 16 aromatic rings. The molecule has 0 saturated carbocycles. The third-order valence-electron chi connectivity index (χ3n) is 21.0. The van der Waals surface area contributed by atoms with Crippen LogP contribution in [-0.4, -0.2) is 92.7 Å². The minimum Gasteiger partial charge on any atom is -0.256 e. The second-order valence-corrected chi connectivity index (χ2v) is 43.1. The third-order valence-corrected chi connectivity index (χ3v) is 27.9. The molecule has 0 aliphatic heterocycles. The highest BCUT2D eigenvalue weighted by atomic mass is 35.5. The molecule has 646 valence electrons. The summed E-state index contributed by atoms with van der Waals surface area (Å²) in [5.74, 6) is -1.55. The maximum Gasteiger partial charge on any atom is 0.282 e. The summed E-state index contributed by atoms with van der Waals surface area (Å²) in [5.41, 5.74) is 9.87. The molecular weight excluding hydrogens is 1690 g/mol. The lowest BCUT2D eigenvalue weighted by atomic mass is 9.87. The number of hydrogen-bond donors (Lipinski definition) is 0. The van der Waals surface area contributed by atoms with E-state index in [0.717, 1.165) is 56.2 Å². The summed E-state index contributed by atoms with van der Waals surface area (Å²) in [5, 5.41) is 21.9. The number of nitrogens with zero attached hydrogens (tertiary/aromatic N) is 12. The second-order valence-electron chi connectivity index (χ2n) is 34.7. The van der Waals surface area contributed by atoms with E-state index in [4.69, 9.17) is 11.6 Å². The third kappa shape index (κ3) is 20.5. The molecule has 20 nitrogen and oxygen atoms in total. The van der Waals surface area contributed by atoms with Crippen LogP contribution in [0.3, 0.4) is 0 Å². The molecule has 8 heterocycles. The Labute approximate surface area is 730 Å². The average molecular weight is 1780 g/mol. The Morgan fingerprint density at radius 1 is 0.344 bits per heavy atom. The number of sulfone groups is 4. The van der Waals surface area contributed by atoms with Gasteiger partial charge in [0.05, 0.1) is 116 Å². The molecule has 0 spiro atoms. The van der Waals surface area contributed by atoms with Crippen LogP contribution in [0.4, 0.5) is 17.6 Å². The number of halogens is 5. The molecule has 0 N–H and O–H groups in total. The van der Waals surface area contributed by atoms with E-state index in [2.05, 4.69) is 81.9 Å². The second kappa shape index (κ2) is 35.6. The van der Waals surface area contributed by atoms with Crippen molar-refractivity contribution in [2.45, 2.75) is 175 Å². The number of hydrogen-bond acceptors (Lipinski definition) is 16. The molecule has 0 aliphatic rings. The van der Waals surface area contributed by atoms with Crippen LogP contribution < -0.4 is 0 Å². The van der Waals surface area contributed by atoms with Crippen LogP contribution in [0.25, 0.3) is 66.4 Å². The van der Waals surface area contributed by atoms with Gasteiger partial charge >= 0.3 is 0 Å². The Bertz CT molecular complexity index is 7040. The number of para-hydroxylation sites is 1. The number of alkyl halides is 2. The first-order chi connectivity index (χ1) is 58.7. The minimum atomic E-state index is -3.79. The number of aromatic nitrogens is 12. The lowest BCUT2D eigenvalue weighted by Crippen LogP contribution is -2.15. The zero-order valence-electron chi connectivity index (χ0n) is 71.7. The fourth-order valence-electron chi connectivity index (χ4n) is 14.5. The zero-order valence-corrected chi connectivity index (χ0v) is 75.8. The molecule has 8 aromatic heterocycles. The number of aryl methyl sites for hydroxylation is 3. The van der Waals surface area contributed by atoms with Gasteiger partial charge in [-0.2, -0.15) is 20.4 Å². The van der Waals surface area contributed by atoms with E-state index < -0.39 is 74.3 Å². The van der Waals surface area contributed by atoms with Gasteiger partial charge in [-0.15, -0.1) is 0 Å². The monoisotopic (exact) mass is 1780 g/mol. The highest BCUT2D eigenvalue weighted by molar-refractivity contribution is 7.91. The van der Waals surface area contributed by atoms with Crippen molar-refractivity contribution in [2.24, 2.45) is 0 Å². The summed E-state index contributed by atoms with van der Waals surface area (Å²) < 4.78 is 167. The number of rotatable bonds is 17. The minimum absolute atomic E-state index is 0.0389. The average Bonchev–Trinajstić information content (AvgIpc) is 1.67. The fraction of sp³-hybridized carbons (Fsp3) is 0.250. The van der Waals surface area contributed by atoms with Gasteiger partial charge in [0.25, 0.3) is 6.43 Å². The molecule has 0 amide bonds. The Kier molecular flexibility index (Phi) is 25.8. The van der Waals surface area contributed by atoms with Crippen molar-refractivity contribution in [3.8, 4) is 22.9 Å². The summed E-state index contributed by atoms with van der Waals surface area (Å²) in [6.07, 6.45) is 3.59. The summed E-state index contributed by atoms with van der Waals surface area (Å²) in [7, 11) is -14.8. The first-order valence-electron chi connectivity index (χ1n) is 40.1. The van der Waals surface area contributed by atoms with Crippen molar-refractivity contribution < 1.29 is 51.2 Å². The van der Waals surface area contributed by atoms with Crippen LogP contribution in [0.15, 0.2) is 269 Å². The molecule has 0 saturated heterocycles. The standard InChI is InChI=1S/C24H24ClN3O2S.C24H23F2N3O2S.2C24H24FN3O2S/c1-16-13-18(15-31(29,30)19-11-9-17(10-12-19)24(2,3)4)28(27-16)23-21-8-6-5-7-20(21)22(25)14-26-23;1-24(2,3)16-9-11-18(12-10-16)32(30,31)15-17-14-21(23(25)26)28-29(17)22-8-4-7-20-19(22)6-5-13-27-20;1-16-13-17(28(27-16)23-9-5-8-22-19(23)7-6-12-26-22)15-31(29,30)18-10-11-20(21(25)14-18)24(2,3)4;1-16-14-18(15-31(29,30)19-10-8-17(9-11-19)24(2,3)4)28(27-16)22-12-13-26-23-20(22)6-5-7-21(23)25/h5-14H,15H2,1-4H3;4-14,23H,15H2,1-3H3;2*5-14H,15H2,1-4H3. The maximum absolute atomic E-state index is 14.6. The van der Waals surface area contributed by atoms with E-state index in [0.29, 0.717) is 83.1 Å². The highest BCUT2D eigenvalue weighted by Crippen LogP contribution is 2.36. The fourth-order valence-corrected chi connectivity index (χ4v) is 20.0. The van der Waals surface area contributed by atoms with Crippen LogP contribution in [-0.2, 0) is 84.0 Å². The van der Waals surface area contributed by atoms with Gasteiger partial charge in [0.15, 0.2) is 45.2 Å². The maximum atomic E-state index is 14.6. The smallest absolute Gasteiger partial charge is 0.256 e. The summed E-state index contributed by atoms with van der Waals surface area (Å²) in [6, 6.07) is 63.6. The number of pyridine rings is 4. The molecule has 29 heteroatoms. The van der Waals surface area contributed by atoms with E-state index in [-0.39, 0.29) is 59.4 Å². The number of fused-ring (bicyclic) bond motifs is 4. The van der Waals surface area contributed by atoms with Crippen LogP contribution in [0, 0.1) is 32.4 Å². The van der Waals surface area contributed by atoms with Crippen LogP contribution in [0.1, 0.15) is 157 Å². The van der Waals surface area contributed by atoms with Gasteiger partial charge in [-0.05, 0) is 198 Å². The van der Waals surface area contributed by atoms with E-state index in [9.17, 15) is 51.2 Å². The Balaban J connectivity index is 0.000000143. The zero-order chi connectivity index (χ0) is 90.3. The lowest BCUT2D eigenvalue weighted by Gasteiger charge is -2.20. The van der Waals surface area contributed by atoms with Crippen LogP contribution in [0.5, 0.6) is 0 Å². The van der Waals surface area contributed by atoms with Crippen molar-refractivity contribution in [1.29, 1.82) is 0 Å². The summed E-state index contributed by atoms with van der Waals surface area (Å²) in [6.45, 7) is 29.8. The quantitative estimate of drug-likeness (QED) is 0.0767. The topological polar surface area (TPSA) is 259 Å². The highest BCUT2D eigenvalue weighted by Gasteiger charge is 2.30. The Hall–Kier alpha value is -12.0. The molecule has 16 rings (SSSR count). The first kappa shape index (κ1) is 90.8. The normalized spacial score (nSPS) is 12.5. The molecule has 0 bridgehead atoms. The van der Waals surface area contributed by atoms with Gasteiger partial charge in [0, 0.05) is 51.7 Å². The van der Waals surface area contributed by atoms with Crippen molar-refractivity contribution in [2.75, 3.05) is 0 Å². The van der Waals surface area contributed by atoms with E-state index >= 15 is 0 Å². The van der Waals surface area contributed by atoms with Gasteiger partial charge < -0.3 is 0 Å². The molecule has 0 atom stereocenters. The largest absolute Gasteiger partial charge is 0.282 e. The lowest BCUT2D eigenvalue weighted by molar-refractivity contribution is 0.145. The molecule has 0 fully saturated rings. The van der Waals surface area contributed by atoms with Gasteiger partial charge in [0.1, 0.15) is 22.8 Å². The number of benzene rings is 8. The van der Waals surface area contributed by atoms with E-state index in [1.54, 1.807) is 161 Å². The molecule has 8 aromatic carbocycles. The predicted octanol–water partition coefficient (Wildman–Crippen LogP) is 21.6. The van der Waals surface area contributed by atoms with Crippen LogP contribution in [0.2, 0.25) is 5.02 Å². The molecule has 0 radical (unpaired) electrons. The predicted molar refractivity (Wildman–Crippen MR) is 484 cm³/mol. The SMILES string of the molecule is CC(C)(C)c1ccc(S(=O)(=O)Cc2cc(C(F)F)nn2-c2cccc3ncccc23)cc1.Cc1cc(CS(=O)(=O)c2ccc(C(C)(C)C)c(F)c2)n(-c2cccc3ncccc23)n1.Cc1cc(CS(=O)(=O)c2ccc(C(C)(C)C)cc2)n(-c2ccnc3c(F)cccc23)n1.Cc1cc(CS(=O)(=O)c2ccc(C(C)(C)C)cc2)n(-c2ncc(Cl)c3ccccc23)n1. The van der Waals surface area contributed by atoms with E-state index in [1.165, 1.54) is 23.0 Å². The Morgan fingerprint density at radius 3 is 1.15 bits per heavy atom. The Morgan fingerprint density at radius 2 is 0.720 bits per heavy atom. The van der Waals surface area contributed by atoms with Crippen molar-refractivity contribution >= 4 is 94.4 Å². The van der Waals surface area contributed by atoms with Crippen molar-refractivity contribution in [1.82, 2.24) is 59.1 Å². The van der Waals surface area contributed by atoms with Crippen molar-refractivity contribution in [3.63, 3.8) is 0 Å². The van der Waals surface area contributed by atoms with Crippen LogP contribution >= 0.6 is 11.6 Å². The van der Waals surface area contributed by atoms with Gasteiger partial charge in [0.2, 0.25) is 0 Å². The molecular formula is C96H95ClF4N12O8S4. The first-order valence-corrected chi connectivity index (χ1v) is 47.1. The van der Waals surface area contributed by atoms with Gasteiger partial charge in [-0.3, -0.25) is 15.0 Å². The summed E-state index contributed by atoms with van der Waals surface area (Å²) >= 11 is 6.30. The molecule has 0 aliphatic carbocycles. The van der Waals surface area contributed by atoms with Gasteiger partial charge in [-0.25, -0.2) is 74.9 Å². The van der Waals surface area contributed by atoms with Gasteiger partial charge in [-0.1, -0.05) is 186 Å². The molecule has 0 unspecified atom stereocenters. The molecule has 125 heavy (non-hydrogen) atoms. The van der Waals surface area contributed by atoms with Crippen molar-refractivity contribution in [3.05, 3.63) is 334 Å². The van der Waals surface area contributed by atoms with E-state index in [1.807, 2.05) is 134 Å². The summed E-state index contributed by atoms with van der Waals surface area (Å²) in [4.78, 5) is 17.9.